The Bertz CT molecular complexity index is 710. The van der Waals surface area contributed by atoms with E-state index < -0.39 is 11.6 Å². The second-order valence-corrected chi connectivity index (χ2v) is 7.27. The van der Waals surface area contributed by atoms with Gasteiger partial charge in [0.05, 0.1) is 13.2 Å². The highest BCUT2D eigenvalue weighted by molar-refractivity contribution is 6.09. The molecule has 1 aliphatic heterocycles. The van der Waals surface area contributed by atoms with Crippen LogP contribution in [-0.4, -0.2) is 41.9 Å². The van der Waals surface area contributed by atoms with E-state index >= 15 is 0 Å². The van der Waals surface area contributed by atoms with Crippen LogP contribution < -0.4 is 15.4 Å². The third-order valence-corrected chi connectivity index (χ3v) is 5.52. The number of hydrogen-bond acceptors (Lipinski definition) is 4. The summed E-state index contributed by atoms with van der Waals surface area (Å²) in [4.78, 5) is 38.6. The zero-order valence-corrected chi connectivity index (χ0v) is 15.9. The number of methoxy groups -OCH3 is 1. The Kier molecular flexibility index (Phi) is 5.68. The van der Waals surface area contributed by atoms with Crippen LogP contribution in [0.2, 0.25) is 0 Å². The summed E-state index contributed by atoms with van der Waals surface area (Å²) >= 11 is 0. The minimum absolute atomic E-state index is 0.187. The first kappa shape index (κ1) is 19.2. The molecule has 7 nitrogen and oxygen atoms in total. The van der Waals surface area contributed by atoms with Gasteiger partial charge in [-0.15, -0.1) is 0 Å². The normalized spacial score (nSPS) is 19.7. The quantitative estimate of drug-likeness (QED) is 0.750. The van der Waals surface area contributed by atoms with Gasteiger partial charge < -0.3 is 15.4 Å². The molecule has 0 bridgehead atoms. The molecule has 1 unspecified atom stereocenters. The number of nitrogens with zero attached hydrogens (tertiary/aromatic N) is 1. The van der Waals surface area contributed by atoms with E-state index in [1.165, 1.54) is 0 Å². The lowest BCUT2D eigenvalue weighted by atomic mass is 9.82. The first-order valence-electron chi connectivity index (χ1n) is 9.56. The Morgan fingerprint density at radius 3 is 2.48 bits per heavy atom. The highest BCUT2D eigenvalue weighted by Crippen LogP contribution is 2.33. The van der Waals surface area contributed by atoms with Crippen molar-refractivity contribution in [1.29, 1.82) is 0 Å². The summed E-state index contributed by atoms with van der Waals surface area (Å²) in [5.41, 5.74) is 0.156. The van der Waals surface area contributed by atoms with Gasteiger partial charge in [-0.05, 0) is 37.0 Å². The van der Waals surface area contributed by atoms with E-state index in [-0.39, 0.29) is 24.4 Å². The highest BCUT2D eigenvalue weighted by atomic mass is 16.5. The van der Waals surface area contributed by atoms with Gasteiger partial charge in [0.25, 0.3) is 5.91 Å². The second-order valence-electron chi connectivity index (χ2n) is 7.27. The molecule has 2 fully saturated rings. The molecule has 2 N–H and O–H groups in total. The van der Waals surface area contributed by atoms with Crippen molar-refractivity contribution in [3.8, 4) is 5.75 Å². The van der Waals surface area contributed by atoms with Crippen molar-refractivity contribution in [2.24, 2.45) is 0 Å². The van der Waals surface area contributed by atoms with E-state index in [4.69, 9.17) is 4.74 Å². The summed E-state index contributed by atoms with van der Waals surface area (Å²) < 4.78 is 5.15. The number of ether oxygens (including phenoxy) is 1. The predicted molar refractivity (Wildman–Crippen MR) is 100 cm³/mol. The van der Waals surface area contributed by atoms with Crippen LogP contribution in [-0.2, 0) is 9.59 Å². The molecule has 0 aromatic heterocycles. The van der Waals surface area contributed by atoms with Gasteiger partial charge in [0.15, 0.2) is 0 Å². The zero-order chi connectivity index (χ0) is 19.4. The summed E-state index contributed by atoms with van der Waals surface area (Å²) in [6, 6.07) is 6.83. The van der Waals surface area contributed by atoms with Gasteiger partial charge in [-0.3, -0.25) is 14.5 Å². The molecular formula is C20H27N3O4. The van der Waals surface area contributed by atoms with E-state index in [9.17, 15) is 14.4 Å². The third-order valence-electron chi connectivity index (χ3n) is 5.52. The maximum atomic E-state index is 12.8. The van der Waals surface area contributed by atoms with Crippen molar-refractivity contribution in [3.63, 3.8) is 0 Å². The van der Waals surface area contributed by atoms with Crippen LogP contribution in [0.25, 0.3) is 0 Å². The topological polar surface area (TPSA) is 87.7 Å². The summed E-state index contributed by atoms with van der Waals surface area (Å²) in [6.45, 7) is 1.72. The molecule has 7 heteroatoms. The Labute approximate surface area is 159 Å². The van der Waals surface area contributed by atoms with Crippen molar-refractivity contribution in [3.05, 3.63) is 29.8 Å². The van der Waals surface area contributed by atoms with Gasteiger partial charge in [0.2, 0.25) is 5.91 Å². The number of benzene rings is 1. The zero-order valence-electron chi connectivity index (χ0n) is 15.9. The summed E-state index contributed by atoms with van der Waals surface area (Å²) in [5, 5.41) is 5.76. The molecule has 1 atom stereocenters. The molecule has 4 amide bonds. The van der Waals surface area contributed by atoms with Crippen LogP contribution in [0.15, 0.2) is 24.3 Å². The number of amides is 4. The number of nitrogens with one attached hydrogen (secondary N) is 2. The van der Waals surface area contributed by atoms with Crippen LogP contribution in [0, 0.1) is 0 Å². The fourth-order valence-electron chi connectivity index (χ4n) is 3.95. The summed E-state index contributed by atoms with van der Waals surface area (Å²) in [7, 11) is 1.60. The maximum absolute atomic E-state index is 12.8. The number of rotatable bonds is 6. The monoisotopic (exact) mass is 373 g/mol. The molecule has 1 aromatic carbocycles. The largest absolute Gasteiger partial charge is 0.497 e. The molecule has 1 spiro atoms. The first-order chi connectivity index (χ1) is 13.0. The number of carbonyl (C=O) groups is 3. The fourth-order valence-corrected chi connectivity index (χ4v) is 3.95. The average Bonchev–Trinajstić information content (AvgIpc) is 2.90. The van der Waals surface area contributed by atoms with E-state index in [1.54, 1.807) is 7.11 Å². The molecular weight excluding hydrogens is 346 g/mol. The van der Waals surface area contributed by atoms with Gasteiger partial charge in [0, 0.05) is 0 Å². The fraction of sp³-hybridized carbons (Fsp3) is 0.550. The molecule has 0 radical (unpaired) electrons. The molecule has 1 saturated carbocycles. The van der Waals surface area contributed by atoms with Crippen molar-refractivity contribution < 1.29 is 19.1 Å². The standard InChI is InChI=1S/C20H27N3O4/c1-3-16(14-7-9-15(27-2)10-8-14)21-17(24)13-23-18(25)20(22-19(23)26)11-5-4-6-12-20/h7-10,16H,3-6,11-13H2,1-2H3,(H,21,24)(H,22,26). The molecule has 1 saturated heterocycles. The van der Waals surface area contributed by atoms with Gasteiger partial charge in [-0.1, -0.05) is 38.3 Å². The maximum Gasteiger partial charge on any atom is 0.325 e. The van der Waals surface area contributed by atoms with Crippen LogP contribution >= 0.6 is 0 Å². The van der Waals surface area contributed by atoms with E-state index in [2.05, 4.69) is 10.6 Å². The lowest BCUT2D eigenvalue weighted by molar-refractivity contribution is -0.136. The Hall–Kier alpha value is -2.57. The van der Waals surface area contributed by atoms with Crippen LogP contribution in [0.1, 0.15) is 57.1 Å². The van der Waals surface area contributed by atoms with Gasteiger partial charge in [0.1, 0.15) is 17.8 Å². The van der Waals surface area contributed by atoms with E-state index in [0.29, 0.717) is 19.3 Å². The van der Waals surface area contributed by atoms with Gasteiger partial charge in [-0.2, -0.15) is 0 Å². The summed E-state index contributed by atoms with van der Waals surface area (Å²) in [5.74, 6) is 0.144. The van der Waals surface area contributed by atoms with Gasteiger partial charge in [-0.25, -0.2) is 4.79 Å². The van der Waals surface area contributed by atoms with Crippen molar-refractivity contribution in [2.75, 3.05) is 13.7 Å². The molecule has 1 aliphatic carbocycles. The highest BCUT2D eigenvalue weighted by Gasteiger charge is 2.51. The smallest absolute Gasteiger partial charge is 0.325 e. The minimum atomic E-state index is -0.796. The van der Waals surface area contributed by atoms with E-state index in [0.717, 1.165) is 35.5 Å². The third kappa shape index (κ3) is 3.91. The van der Waals surface area contributed by atoms with Crippen molar-refractivity contribution in [1.82, 2.24) is 15.5 Å². The SMILES string of the molecule is CCC(NC(=O)CN1C(=O)NC2(CCCCC2)C1=O)c1ccc(OC)cc1. The number of hydrogen-bond donors (Lipinski definition) is 2. The van der Waals surface area contributed by atoms with Crippen LogP contribution in [0.5, 0.6) is 5.75 Å². The Balaban J connectivity index is 1.63. The first-order valence-corrected chi connectivity index (χ1v) is 9.56. The molecule has 3 rings (SSSR count). The Morgan fingerprint density at radius 2 is 1.89 bits per heavy atom. The van der Waals surface area contributed by atoms with E-state index in [1.807, 2.05) is 31.2 Å². The minimum Gasteiger partial charge on any atom is -0.497 e. The predicted octanol–water partition coefficient (Wildman–Crippen LogP) is 2.52. The second kappa shape index (κ2) is 7.98. The molecule has 1 heterocycles. The molecule has 1 aromatic rings. The van der Waals surface area contributed by atoms with Gasteiger partial charge >= 0.3 is 6.03 Å². The number of imide groups is 1. The van der Waals surface area contributed by atoms with Crippen molar-refractivity contribution >= 4 is 17.8 Å². The Morgan fingerprint density at radius 1 is 1.22 bits per heavy atom. The molecule has 2 aliphatic rings. The number of urea groups is 1. The summed E-state index contributed by atoms with van der Waals surface area (Å²) in [6.07, 6.45) is 4.91. The molecule has 27 heavy (non-hydrogen) atoms. The number of carbonyl (C=O) groups excluding carboxylic acids is 3. The van der Waals surface area contributed by atoms with Crippen molar-refractivity contribution in [2.45, 2.75) is 57.0 Å². The van der Waals surface area contributed by atoms with Crippen LogP contribution in [0.3, 0.4) is 0 Å². The molecule has 146 valence electrons. The lowest BCUT2D eigenvalue weighted by Crippen LogP contribution is -2.49. The lowest BCUT2D eigenvalue weighted by Gasteiger charge is -2.30. The van der Waals surface area contributed by atoms with Crippen LogP contribution in [0.4, 0.5) is 4.79 Å². The average molecular weight is 373 g/mol.